The number of amides is 1. The minimum Gasteiger partial charge on any atom is -0.339 e. The molecule has 16 heavy (non-hydrogen) atoms. The highest BCUT2D eigenvalue weighted by molar-refractivity contribution is 6.29. The zero-order valence-electron chi connectivity index (χ0n) is 9.90. The number of hydrogen-bond acceptors (Lipinski definition) is 2. The van der Waals surface area contributed by atoms with E-state index in [1.54, 1.807) is 17.0 Å². The first kappa shape index (κ1) is 13.0. The van der Waals surface area contributed by atoms with Gasteiger partial charge in [-0.15, -0.1) is 0 Å². The van der Waals surface area contributed by atoms with E-state index in [2.05, 4.69) is 18.8 Å². The van der Waals surface area contributed by atoms with Crippen molar-refractivity contribution < 1.29 is 4.79 Å². The van der Waals surface area contributed by atoms with Crippen LogP contribution in [-0.2, 0) is 0 Å². The minimum absolute atomic E-state index is 0.00198. The second-order valence-electron chi connectivity index (χ2n) is 3.76. The first-order valence-corrected chi connectivity index (χ1v) is 5.86. The molecule has 88 valence electrons. The Morgan fingerprint density at radius 2 is 2.06 bits per heavy atom. The normalized spacial score (nSPS) is 10.6. The smallest absolute Gasteiger partial charge is 0.255 e. The molecule has 3 nitrogen and oxygen atoms in total. The number of nitrogens with zero attached hydrogens (tertiary/aromatic N) is 2. The average Bonchev–Trinajstić information content (AvgIpc) is 2.30. The van der Waals surface area contributed by atoms with E-state index in [0.29, 0.717) is 10.7 Å². The summed E-state index contributed by atoms with van der Waals surface area (Å²) in [6.45, 7) is 4.16. The van der Waals surface area contributed by atoms with Gasteiger partial charge in [-0.05, 0) is 25.0 Å². The van der Waals surface area contributed by atoms with Gasteiger partial charge < -0.3 is 4.90 Å². The van der Waals surface area contributed by atoms with Gasteiger partial charge >= 0.3 is 0 Å². The molecule has 1 aromatic heterocycles. The number of aromatic nitrogens is 1. The van der Waals surface area contributed by atoms with Gasteiger partial charge in [-0.25, -0.2) is 4.98 Å². The van der Waals surface area contributed by atoms with Crippen molar-refractivity contribution in [2.24, 2.45) is 0 Å². The van der Waals surface area contributed by atoms with Crippen molar-refractivity contribution in [1.29, 1.82) is 0 Å². The van der Waals surface area contributed by atoms with Gasteiger partial charge in [0.05, 0.1) is 5.56 Å². The molecule has 0 radical (unpaired) electrons. The molecule has 0 aliphatic heterocycles. The number of hydrogen-bond donors (Lipinski definition) is 0. The Morgan fingerprint density at radius 3 is 2.50 bits per heavy atom. The molecule has 0 bridgehead atoms. The third-order valence-corrected chi connectivity index (χ3v) is 3.01. The van der Waals surface area contributed by atoms with Crippen molar-refractivity contribution in [3.63, 3.8) is 0 Å². The van der Waals surface area contributed by atoms with Crippen molar-refractivity contribution in [1.82, 2.24) is 9.88 Å². The van der Waals surface area contributed by atoms with Crippen molar-refractivity contribution in [3.8, 4) is 0 Å². The molecular weight excluding hydrogens is 224 g/mol. The molecule has 0 saturated carbocycles. The van der Waals surface area contributed by atoms with Crippen molar-refractivity contribution in [3.05, 3.63) is 29.0 Å². The van der Waals surface area contributed by atoms with Gasteiger partial charge in [0.25, 0.3) is 5.91 Å². The van der Waals surface area contributed by atoms with Crippen molar-refractivity contribution in [2.75, 3.05) is 7.05 Å². The lowest BCUT2D eigenvalue weighted by atomic mass is 10.1. The number of carbonyl (C=O) groups excluding carboxylic acids is 1. The maximum atomic E-state index is 12.1. The van der Waals surface area contributed by atoms with Crippen LogP contribution in [0.5, 0.6) is 0 Å². The second kappa shape index (κ2) is 5.85. The number of pyridine rings is 1. The Hall–Kier alpha value is -1.09. The summed E-state index contributed by atoms with van der Waals surface area (Å²) < 4.78 is 0. The van der Waals surface area contributed by atoms with E-state index in [1.165, 1.54) is 6.20 Å². The van der Waals surface area contributed by atoms with Gasteiger partial charge in [0, 0.05) is 19.3 Å². The first-order chi connectivity index (χ1) is 7.60. The summed E-state index contributed by atoms with van der Waals surface area (Å²) in [4.78, 5) is 17.7. The highest BCUT2D eigenvalue weighted by atomic mass is 35.5. The topological polar surface area (TPSA) is 33.2 Å². The summed E-state index contributed by atoms with van der Waals surface area (Å²) >= 11 is 5.68. The van der Waals surface area contributed by atoms with E-state index in [-0.39, 0.29) is 11.9 Å². The van der Waals surface area contributed by atoms with E-state index in [0.717, 1.165) is 12.8 Å². The molecule has 0 fully saturated rings. The summed E-state index contributed by atoms with van der Waals surface area (Å²) in [7, 11) is 1.83. The molecule has 1 amide bonds. The standard InChI is InChI=1S/C12H17ClN2O/c1-4-10(5-2)15(3)12(16)9-6-7-11(13)14-8-9/h6-8,10H,4-5H2,1-3H3. The van der Waals surface area contributed by atoms with E-state index < -0.39 is 0 Å². The molecule has 0 saturated heterocycles. The molecular formula is C12H17ClN2O. The van der Waals surface area contributed by atoms with Crippen LogP contribution in [0.1, 0.15) is 37.0 Å². The fourth-order valence-corrected chi connectivity index (χ4v) is 1.82. The lowest BCUT2D eigenvalue weighted by molar-refractivity contribution is 0.0723. The van der Waals surface area contributed by atoms with Crippen molar-refractivity contribution in [2.45, 2.75) is 32.7 Å². The van der Waals surface area contributed by atoms with Crippen molar-refractivity contribution >= 4 is 17.5 Å². The summed E-state index contributed by atoms with van der Waals surface area (Å²) in [6, 6.07) is 3.62. The predicted molar refractivity (Wildman–Crippen MR) is 65.7 cm³/mol. The number of rotatable bonds is 4. The molecule has 4 heteroatoms. The zero-order chi connectivity index (χ0) is 12.1. The fraction of sp³-hybridized carbons (Fsp3) is 0.500. The van der Waals surface area contributed by atoms with E-state index in [1.807, 2.05) is 7.05 Å². The van der Waals surface area contributed by atoms with Crippen LogP contribution in [0.15, 0.2) is 18.3 Å². The maximum absolute atomic E-state index is 12.1. The molecule has 0 atom stereocenters. The Bertz CT molecular complexity index is 347. The van der Waals surface area contributed by atoms with E-state index >= 15 is 0 Å². The molecule has 0 N–H and O–H groups in total. The van der Waals surface area contributed by atoms with Gasteiger partial charge in [-0.3, -0.25) is 4.79 Å². The minimum atomic E-state index is -0.00198. The quantitative estimate of drug-likeness (QED) is 0.758. The number of carbonyl (C=O) groups is 1. The van der Waals surface area contributed by atoms with E-state index in [4.69, 9.17) is 11.6 Å². The molecule has 1 heterocycles. The van der Waals surface area contributed by atoms with Crippen LogP contribution in [-0.4, -0.2) is 28.9 Å². The highest BCUT2D eigenvalue weighted by Gasteiger charge is 2.18. The van der Waals surface area contributed by atoms with Crippen LogP contribution in [0.3, 0.4) is 0 Å². The lowest BCUT2D eigenvalue weighted by Gasteiger charge is -2.26. The van der Waals surface area contributed by atoms with Crippen LogP contribution in [0.2, 0.25) is 5.15 Å². The van der Waals surface area contributed by atoms with Gasteiger partial charge in [-0.2, -0.15) is 0 Å². The van der Waals surface area contributed by atoms with Crippen LogP contribution in [0.4, 0.5) is 0 Å². The SMILES string of the molecule is CCC(CC)N(C)C(=O)c1ccc(Cl)nc1. The maximum Gasteiger partial charge on any atom is 0.255 e. The zero-order valence-corrected chi connectivity index (χ0v) is 10.7. The lowest BCUT2D eigenvalue weighted by Crippen LogP contribution is -2.36. The Labute approximate surface area is 101 Å². The van der Waals surface area contributed by atoms with Crippen LogP contribution < -0.4 is 0 Å². The first-order valence-electron chi connectivity index (χ1n) is 5.48. The van der Waals surface area contributed by atoms with E-state index in [9.17, 15) is 4.79 Å². The highest BCUT2D eigenvalue weighted by Crippen LogP contribution is 2.12. The fourth-order valence-electron chi connectivity index (χ4n) is 1.71. The molecule has 0 unspecified atom stereocenters. The summed E-state index contributed by atoms with van der Waals surface area (Å²) in [6.07, 6.45) is 3.43. The van der Waals surface area contributed by atoms with Gasteiger partial charge in [0.1, 0.15) is 5.15 Å². The van der Waals surface area contributed by atoms with Gasteiger partial charge in [0.2, 0.25) is 0 Å². The molecule has 0 aromatic carbocycles. The Morgan fingerprint density at radius 1 is 1.44 bits per heavy atom. The second-order valence-corrected chi connectivity index (χ2v) is 4.14. The average molecular weight is 241 g/mol. The third-order valence-electron chi connectivity index (χ3n) is 2.78. The summed E-state index contributed by atoms with van der Waals surface area (Å²) in [5.74, 6) is -0.00198. The Kier molecular flexibility index (Phi) is 4.74. The molecule has 0 spiro atoms. The molecule has 1 aromatic rings. The monoisotopic (exact) mass is 240 g/mol. The van der Waals surface area contributed by atoms with Crippen LogP contribution >= 0.6 is 11.6 Å². The molecule has 1 rings (SSSR count). The van der Waals surface area contributed by atoms with Gasteiger partial charge in [-0.1, -0.05) is 25.4 Å². The van der Waals surface area contributed by atoms with Crippen LogP contribution in [0.25, 0.3) is 0 Å². The van der Waals surface area contributed by atoms with Crippen LogP contribution in [0, 0.1) is 0 Å². The number of halogens is 1. The summed E-state index contributed by atoms with van der Waals surface area (Å²) in [5.41, 5.74) is 0.582. The largest absolute Gasteiger partial charge is 0.339 e. The molecule has 0 aliphatic rings. The third kappa shape index (κ3) is 2.95. The molecule has 0 aliphatic carbocycles. The predicted octanol–water partition coefficient (Wildman–Crippen LogP) is 3.00. The van der Waals surface area contributed by atoms with Gasteiger partial charge in [0.15, 0.2) is 0 Å². The summed E-state index contributed by atoms with van der Waals surface area (Å²) in [5, 5.41) is 0.404. The Balaban J connectivity index is 2.81.